The molecular formula is C16H26FNO. The zero-order valence-corrected chi connectivity index (χ0v) is 12.3. The summed E-state index contributed by atoms with van der Waals surface area (Å²) in [5.74, 6) is 0.836. The number of hydrogen-bond acceptors (Lipinski definition) is 2. The van der Waals surface area contributed by atoms with Crippen molar-refractivity contribution in [2.75, 3.05) is 6.61 Å². The monoisotopic (exact) mass is 267 g/mol. The summed E-state index contributed by atoms with van der Waals surface area (Å²) in [4.78, 5) is 0. The molecule has 0 aromatic heterocycles. The third-order valence-electron chi connectivity index (χ3n) is 3.49. The molecule has 3 heteroatoms. The van der Waals surface area contributed by atoms with Crippen molar-refractivity contribution in [2.24, 2.45) is 11.7 Å². The number of hydrogen-bond donors (Lipinski definition) is 1. The van der Waals surface area contributed by atoms with Crippen molar-refractivity contribution in [2.45, 2.75) is 52.5 Å². The molecule has 0 spiro atoms. The molecule has 0 bridgehead atoms. The van der Waals surface area contributed by atoms with E-state index in [1.165, 1.54) is 18.9 Å². The molecule has 2 atom stereocenters. The summed E-state index contributed by atoms with van der Waals surface area (Å²) in [7, 11) is 0. The molecule has 0 fully saturated rings. The zero-order chi connectivity index (χ0) is 14.3. The summed E-state index contributed by atoms with van der Waals surface area (Å²) in [6, 6.07) is 4.55. The van der Waals surface area contributed by atoms with Crippen LogP contribution in [0.25, 0.3) is 0 Å². The Morgan fingerprint density at radius 2 is 2.05 bits per heavy atom. The van der Waals surface area contributed by atoms with Crippen LogP contribution < -0.4 is 10.5 Å². The molecule has 0 radical (unpaired) electrons. The van der Waals surface area contributed by atoms with Crippen LogP contribution in [0, 0.1) is 11.7 Å². The van der Waals surface area contributed by atoms with Crippen LogP contribution in [0.4, 0.5) is 4.39 Å². The van der Waals surface area contributed by atoms with Crippen LogP contribution in [-0.4, -0.2) is 6.61 Å². The number of rotatable bonds is 8. The van der Waals surface area contributed by atoms with E-state index < -0.39 is 0 Å². The SMILES string of the molecule is CCCCC(CC)COc1cccc(F)c1[C@H](C)N. The molecule has 2 nitrogen and oxygen atoms in total. The van der Waals surface area contributed by atoms with Crippen molar-refractivity contribution in [1.29, 1.82) is 0 Å². The van der Waals surface area contributed by atoms with Gasteiger partial charge < -0.3 is 10.5 Å². The average molecular weight is 267 g/mol. The van der Waals surface area contributed by atoms with Crippen molar-refractivity contribution >= 4 is 0 Å². The first-order chi connectivity index (χ1) is 9.10. The van der Waals surface area contributed by atoms with Gasteiger partial charge in [0.1, 0.15) is 11.6 Å². The van der Waals surface area contributed by atoms with Gasteiger partial charge in [0.15, 0.2) is 0 Å². The van der Waals surface area contributed by atoms with Crippen molar-refractivity contribution < 1.29 is 9.13 Å². The van der Waals surface area contributed by atoms with E-state index in [-0.39, 0.29) is 11.9 Å². The minimum Gasteiger partial charge on any atom is -0.493 e. The Morgan fingerprint density at radius 3 is 2.63 bits per heavy atom. The molecule has 1 rings (SSSR count). The van der Waals surface area contributed by atoms with Gasteiger partial charge in [0.05, 0.1) is 6.61 Å². The number of benzene rings is 1. The minimum atomic E-state index is -0.355. The normalized spacial score (nSPS) is 14.2. The van der Waals surface area contributed by atoms with Crippen LogP contribution in [0.15, 0.2) is 18.2 Å². The maximum atomic E-state index is 13.7. The number of nitrogens with two attached hydrogens (primary N) is 1. The van der Waals surface area contributed by atoms with Crippen LogP contribution >= 0.6 is 0 Å². The van der Waals surface area contributed by atoms with Gasteiger partial charge in [-0.1, -0.05) is 39.2 Å². The predicted octanol–water partition coefficient (Wildman–Crippen LogP) is 4.44. The van der Waals surface area contributed by atoms with Gasteiger partial charge in [-0.25, -0.2) is 4.39 Å². The van der Waals surface area contributed by atoms with E-state index in [0.717, 1.165) is 12.8 Å². The maximum absolute atomic E-state index is 13.7. The molecule has 0 amide bonds. The van der Waals surface area contributed by atoms with Crippen molar-refractivity contribution in [3.05, 3.63) is 29.6 Å². The highest BCUT2D eigenvalue weighted by molar-refractivity contribution is 5.36. The second-order valence-corrected chi connectivity index (χ2v) is 5.17. The third-order valence-corrected chi connectivity index (χ3v) is 3.49. The van der Waals surface area contributed by atoms with Crippen molar-refractivity contribution in [3.8, 4) is 5.75 Å². The van der Waals surface area contributed by atoms with E-state index in [0.29, 0.717) is 23.8 Å². The van der Waals surface area contributed by atoms with Gasteiger partial charge >= 0.3 is 0 Å². The Hall–Kier alpha value is -1.09. The average Bonchev–Trinajstić information content (AvgIpc) is 2.38. The number of halogens is 1. The molecule has 0 saturated carbocycles. The Kier molecular flexibility index (Phi) is 6.85. The van der Waals surface area contributed by atoms with E-state index in [9.17, 15) is 4.39 Å². The van der Waals surface area contributed by atoms with Gasteiger partial charge in [0.2, 0.25) is 0 Å². The molecular weight excluding hydrogens is 241 g/mol. The number of ether oxygens (including phenoxy) is 1. The summed E-state index contributed by atoms with van der Waals surface area (Å²) in [5, 5.41) is 0. The van der Waals surface area contributed by atoms with Crippen LogP contribution in [0.3, 0.4) is 0 Å². The molecule has 1 unspecified atom stereocenters. The molecule has 19 heavy (non-hydrogen) atoms. The lowest BCUT2D eigenvalue weighted by Crippen LogP contribution is -2.15. The van der Waals surface area contributed by atoms with Gasteiger partial charge in [0.25, 0.3) is 0 Å². The smallest absolute Gasteiger partial charge is 0.131 e. The fourth-order valence-corrected chi connectivity index (χ4v) is 2.19. The zero-order valence-electron chi connectivity index (χ0n) is 12.3. The Balaban J connectivity index is 2.68. The van der Waals surface area contributed by atoms with Crippen LogP contribution in [-0.2, 0) is 0 Å². The first-order valence-corrected chi connectivity index (χ1v) is 7.26. The molecule has 0 heterocycles. The predicted molar refractivity (Wildman–Crippen MR) is 77.8 cm³/mol. The summed E-state index contributed by atoms with van der Waals surface area (Å²) in [5.41, 5.74) is 6.29. The molecule has 2 N–H and O–H groups in total. The van der Waals surface area contributed by atoms with Gasteiger partial charge in [-0.2, -0.15) is 0 Å². The van der Waals surface area contributed by atoms with Gasteiger partial charge in [-0.15, -0.1) is 0 Å². The molecule has 1 aromatic rings. The van der Waals surface area contributed by atoms with Crippen molar-refractivity contribution in [3.63, 3.8) is 0 Å². The summed E-state index contributed by atoms with van der Waals surface area (Å²) < 4.78 is 19.6. The lowest BCUT2D eigenvalue weighted by atomic mass is 10.0. The third kappa shape index (κ3) is 4.83. The molecule has 1 aromatic carbocycles. The largest absolute Gasteiger partial charge is 0.493 e. The number of unbranched alkanes of at least 4 members (excludes halogenated alkanes) is 1. The molecule has 0 aliphatic rings. The fraction of sp³-hybridized carbons (Fsp3) is 0.625. The second kappa shape index (κ2) is 8.16. The lowest BCUT2D eigenvalue weighted by molar-refractivity contribution is 0.229. The van der Waals surface area contributed by atoms with Gasteiger partial charge in [-0.3, -0.25) is 0 Å². The summed E-state index contributed by atoms with van der Waals surface area (Å²) >= 11 is 0. The maximum Gasteiger partial charge on any atom is 0.131 e. The highest BCUT2D eigenvalue weighted by Gasteiger charge is 2.15. The second-order valence-electron chi connectivity index (χ2n) is 5.17. The van der Waals surface area contributed by atoms with E-state index >= 15 is 0 Å². The van der Waals surface area contributed by atoms with E-state index in [4.69, 9.17) is 10.5 Å². The van der Waals surface area contributed by atoms with Gasteiger partial charge in [-0.05, 0) is 31.4 Å². The Labute approximate surface area is 116 Å². The lowest BCUT2D eigenvalue weighted by Gasteiger charge is -2.19. The first-order valence-electron chi connectivity index (χ1n) is 7.26. The van der Waals surface area contributed by atoms with Crippen LogP contribution in [0.1, 0.15) is 58.1 Å². The first kappa shape index (κ1) is 16.0. The highest BCUT2D eigenvalue weighted by atomic mass is 19.1. The molecule has 108 valence electrons. The Bertz CT molecular complexity index is 379. The quantitative estimate of drug-likeness (QED) is 0.755. The molecule has 0 aliphatic heterocycles. The van der Waals surface area contributed by atoms with E-state index in [1.54, 1.807) is 19.1 Å². The summed E-state index contributed by atoms with van der Waals surface area (Å²) in [6.45, 7) is 6.77. The van der Waals surface area contributed by atoms with Gasteiger partial charge in [0, 0.05) is 11.6 Å². The fourth-order valence-electron chi connectivity index (χ4n) is 2.19. The standard InChI is InChI=1S/C16H26FNO/c1-4-6-8-13(5-2)11-19-15-10-7-9-14(17)16(15)12(3)18/h7,9-10,12-13H,4-6,8,11,18H2,1-3H3/t12-,13?/m0/s1. The van der Waals surface area contributed by atoms with E-state index in [1.807, 2.05) is 0 Å². The van der Waals surface area contributed by atoms with Crippen LogP contribution in [0.5, 0.6) is 5.75 Å². The minimum absolute atomic E-state index is 0.283. The highest BCUT2D eigenvalue weighted by Crippen LogP contribution is 2.27. The topological polar surface area (TPSA) is 35.2 Å². The van der Waals surface area contributed by atoms with Crippen molar-refractivity contribution in [1.82, 2.24) is 0 Å². The molecule has 0 saturated heterocycles. The Morgan fingerprint density at radius 1 is 1.32 bits per heavy atom. The summed E-state index contributed by atoms with van der Waals surface area (Å²) in [6.07, 6.45) is 4.66. The molecule has 0 aliphatic carbocycles. The van der Waals surface area contributed by atoms with Crippen LogP contribution in [0.2, 0.25) is 0 Å². The van der Waals surface area contributed by atoms with E-state index in [2.05, 4.69) is 13.8 Å².